The van der Waals surface area contributed by atoms with Gasteiger partial charge >= 0.3 is 0 Å². The number of fused-ring (bicyclic) bond motifs is 5. The van der Waals surface area contributed by atoms with Crippen LogP contribution >= 0.6 is 0 Å². The van der Waals surface area contributed by atoms with Gasteiger partial charge in [0.2, 0.25) is 5.54 Å². The molecule has 0 saturated carbocycles. The van der Waals surface area contributed by atoms with E-state index in [0.29, 0.717) is 0 Å². The zero-order valence-electron chi connectivity index (χ0n) is 18.0. The summed E-state index contributed by atoms with van der Waals surface area (Å²) in [4.78, 5) is 0. The molecule has 0 N–H and O–H groups in total. The molecule has 158 valence electrons. The van der Waals surface area contributed by atoms with Crippen LogP contribution in [-0.4, -0.2) is 4.57 Å². The van der Waals surface area contributed by atoms with E-state index in [1.165, 1.54) is 21.9 Å². The van der Waals surface area contributed by atoms with Gasteiger partial charge in [0.1, 0.15) is 34.2 Å². The van der Waals surface area contributed by atoms with Gasteiger partial charge in [0.05, 0.1) is 28.3 Å². The van der Waals surface area contributed by atoms with Crippen LogP contribution in [0.15, 0.2) is 103 Å². The molecular weight excluding hydrogens is 420 g/mol. The molecule has 6 aromatic rings. The molecule has 0 saturated heterocycles. The zero-order valence-corrected chi connectivity index (χ0v) is 18.0. The second-order valence-electron chi connectivity index (χ2n) is 9.16. The fourth-order valence-corrected chi connectivity index (χ4v) is 6.51. The molecule has 1 spiro atoms. The van der Waals surface area contributed by atoms with E-state index in [1.807, 2.05) is 12.1 Å². The number of para-hydroxylation sites is 2. The number of pyridine rings is 1. The SMILES string of the molecule is c1ccc2c(c1)Oc1cccc3c1C21c2c(cccc2-n2c4ccccc4c4ccc[n+]1c42)O3. The molecule has 0 aliphatic carbocycles. The Hall–Kier alpha value is -4.57. The van der Waals surface area contributed by atoms with Crippen LogP contribution in [0, 0.1) is 0 Å². The van der Waals surface area contributed by atoms with Gasteiger partial charge < -0.3 is 9.47 Å². The normalized spacial score (nSPS) is 18.0. The Bertz CT molecular complexity index is 1870. The van der Waals surface area contributed by atoms with Crippen LogP contribution in [0.4, 0.5) is 0 Å². The molecule has 1 atom stereocenters. The summed E-state index contributed by atoms with van der Waals surface area (Å²) in [6, 6.07) is 34.0. The molecule has 9 rings (SSSR count). The highest BCUT2D eigenvalue weighted by molar-refractivity contribution is 6.07. The molecule has 4 nitrogen and oxygen atoms in total. The molecule has 4 heteroatoms. The summed E-state index contributed by atoms with van der Waals surface area (Å²) < 4.78 is 17.9. The highest BCUT2D eigenvalue weighted by Crippen LogP contribution is 2.61. The predicted molar refractivity (Wildman–Crippen MR) is 129 cm³/mol. The van der Waals surface area contributed by atoms with Crippen LogP contribution in [0.5, 0.6) is 23.0 Å². The quantitative estimate of drug-likeness (QED) is 0.256. The van der Waals surface area contributed by atoms with E-state index < -0.39 is 5.54 Å². The van der Waals surface area contributed by atoms with Gasteiger partial charge in [-0.15, -0.1) is 0 Å². The van der Waals surface area contributed by atoms with E-state index in [1.54, 1.807) is 0 Å². The van der Waals surface area contributed by atoms with Gasteiger partial charge in [0.25, 0.3) is 5.65 Å². The smallest absolute Gasteiger partial charge is 0.296 e. The first-order valence-corrected chi connectivity index (χ1v) is 11.5. The van der Waals surface area contributed by atoms with Crippen LogP contribution in [0.3, 0.4) is 0 Å². The zero-order chi connectivity index (χ0) is 22.0. The van der Waals surface area contributed by atoms with E-state index in [4.69, 9.17) is 9.47 Å². The van der Waals surface area contributed by atoms with Gasteiger partial charge in [-0.1, -0.05) is 36.4 Å². The summed E-state index contributed by atoms with van der Waals surface area (Å²) in [5.74, 6) is 3.44. The first kappa shape index (κ1) is 17.0. The van der Waals surface area contributed by atoms with E-state index in [-0.39, 0.29) is 0 Å². The molecule has 4 aromatic carbocycles. The van der Waals surface area contributed by atoms with Crippen molar-refractivity contribution >= 4 is 21.9 Å². The number of rotatable bonds is 0. The molecule has 34 heavy (non-hydrogen) atoms. The minimum atomic E-state index is -0.602. The first-order valence-electron chi connectivity index (χ1n) is 11.5. The van der Waals surface area contributed by atoms with Crippen molar-refractivity contribution in [2.24, 2.45) is 0 Å². The summed E-state index contributed by atoms with van der Waals surface area (Å²) >= 11 is 0. The Balaban J connectivity index is 1.64. The van der Waals surface area contributed by atoms with Gasteiger partial charge in [0, 0.05) is 5.39 Å². The highest BCUT2D eigenvalue weighted by Gasteiger charge is 2.59. The average molecular weight is 437 g/mol. The average Bonchev–Trinajstić information content (AvgIpc) is 3.22. The Morgan fingerprint density at radius 2 is 1.26 bits per heavy atom. The predicted octanol–water partition coefficient (Wildman–Crippen LogP) is 6.44. The Morgan fingerprint density at radius 1 is 0.588 bits per heavy atom. The lowest BCUT2D eigenvalue weighted by atomic mass is 9.71. The Morgan fingerprint density at radius 3 is 2.18 bits per heavy atom. The second-order valence-corrected chi connectivity index (χ2v) is 9.16. The Labute approximate surface area is 194 Å². The number of aromatic nitrogens is 2. The van der Waals surface area contributed by atoms with Crippen LogP contribution in [0.2, 0.25) is 0 Å². The van der Waals surface area contributed by atoms with Gasteiger partial charge in [-0.25, -0.2) is 4.57 Å². The van der Waals surface area contributed by atoms with Crippen LogP contribution < -0.4 is 14.0 Å². The fourth-order valence-electron chi connectivity index (χ4n) is 6.51. The van der Waals surface area contributed by atoms with E-state index in [2.05, 4.69) is 100 Å². The lowest BCUT2D eigenvalue weighted by molar-refractivity contribution is -0.714. The maximum Gasteiger partial charge on any atom is 0.296 e. The van der Waals surface area contributed by atoms with Crippen molar-refractivity contribution in [2.75, 3.05) is 0 Å². The van der Waals surface area contributed by atoms with Gasteiger partial charge in [-0.05, 0) is 60.7 Å². The summed E-state index contributed by atoms with van der Waals surface area (Å²) in [7, 11) is 0. The van der Waals surface area contributed by atoms with Crippen molar-refractivity contribution in [2.45, 2.75) is 5.54 Å². The van der Waals surface area contributed by atoms with Crippen molar-refractivity contribution in [3.8, 4) is 28.7 Å². The van der Waals surface area contributed by atoms with E-state index >= 15 is 0 Å². The molecule has 3 aliphatic rings. The fraction of sp³-hybridized carbons (Fsp3) is 0.0333. The molecule has 0 amide bonds. The van der Waals surface area contributed by atoms with Crippen molar-refractivity contribution in [1.29, 1.82) is 0 Å². The number of hydrogen-bond acceptors (Lipinski definition) is 2. The third-order valence-corrected chi connectivity index (χ3v) is 7.65. The number of benzene rings is 4. The summed E-state index contributed by atoms with van der Waals surface area (Å²) in [6.07, 6.45) is 2.21. The van der Waals surface area contributed by atoms with Gasteiger partial charge in [-0.2, -0.15) is 4.57 Å². The van der Waals surface area contributed by atoms with Crippen LogP contribution in [-0.2, 0) is 5.54 Å². The number of hydrogen-bond donors (Lipinski definition) is 0. The van der Waals surface area contributed by atoms with Crippen molar-refractivity contribution in [3.05, 3.63) is 120 Å². The lowest BCUT2D eigenvalue weighted by Crippen LogP contribution is -2.63. The molecule has 0 bridgehead atoms. The molecule has 2 aromatic heterocycles. The standard InChI is InChI=1S/C30H17N2O2/c1-3-11-21-18(8-1)19-9-7-17-31-29(19)32(21)22-12-5-14-24-27(22)30(31)20-10-2-4-13-23(20)33-25-15-6-16-26(34-24)28(25)30/h1-17H/q+1. The number of ether oxygens (including phenoxy) is 2. The summed E-state index contributed by atoms with van der Waals surface area (Å²) in [5.41, 5.74) is 6.25. The monoisotopic (exact) mass is 437 g/mol. The Kier molecular flexibility index (Phi) is 2.74. The highest BCUT2D eigenvalue weighted by atomic mass is 16.5. The maximum atomic E-state index is 6.57. The topological polar surface area (TPSA) is 27.3 Å². The second kappa shape index (κ2) is 5.49. The van der Waals surface area contributed by atoms with Crippen molar-refractivity contribution < 1.29 is 14.0 Å². The molecular formula is C30H17N2O2+. The van der Waals surface area contributed by atoms with E-state index in [0.717, 1.165) is 45.4 Å². The van der Waals surface area contributed by atoms with E-state index in [9.17, 15) is 0 Å². The van der Waals surface area contributed by atoms with Crippen molar-refractivity contribution in [3.63, 3.8) is 0 Å². The minimum Gasteiger partial charge on any atom is -0.456 e. The molecule has 3 aliphatic heterocycles. The maximum absolute atomic E-state index is 6.57. The molecule has 1 unspecified atom stereocenters. The molecule has 0 radical (unpaired) electrons. The minimum absolute atomic E-state index is 0.602. The van der Waals surface area contributed by atoms with Crippen molar-refractivity contribution in [1.82, 2.24) is 4.57 Å². The largest absolute Gasteiger partial charge is 0.456 e. The van der Waals surface area contributed by atoms with Crippen LogP contribution in [0.1, 0.15) is 16.7 Å². The third-order valence-electron chi connectivity index (χ3n) is 7.65. The molecule has 5 heterocycles. The lowest BCUT2D eigenvalue weighted by Gasteiger charge is -2.44. The number of nitrogens with zero attached hydrogens (tertiary/aromatic N) is 2. The van der Waals surface area contributed by atoms with Gasteiger partial charge in [0.15, 0.2) is 0 Å². The first-order chi connectivity index (χ1) is 16.9. The van der Waals surface area contributed by atoms with Crippen LogP contribution in [0.25, 0.3) is 27.6 Å². The van der Waals surface area contributed by atoms with Gasteiger partial charge in [-0.3, -0.25) is 0 Å². The molecule has 0 fully saturated rings. The summed E-state index contributed by atoms with van der Waals surface area (Å²) in [6.45, 7) is 0. The summed E-state index contributed by atoms with van der Waals surface area (Å²) in [5, 5.41) is 2.48. The third kappa shape index (κ3) is 1.66.